The fraction of sp³-hybridized carbons (Fsp3) is 0.450. The molecule has 1 aromatic heterocycles. The number of carbonyl (C=O) groups excluding carboxylic acids is 1. The number of benzene rings is 1. The van der Waals surface area contributed by atoms with E-state index >= 15 is 0 Å². The second kappa shape index (κ2) is 6.67. The Balaban J connectivity index is 1.37. The van der Waals surface area contributed by atoms with Gasteiger partial charge in [-0.1, -0.05) is 12.1 Å². The van der Waals surface area contributed by atoms with E-state index in [1.165, 1.54) is 12.1 Å². The Kier molecular flexibility index (Phi) is 4.34. The molecule has 0 bridgehead atoms. The highest BCUT2D eigenvalue weighted by atomic mass is 19.1. The van der Waals surface area contributed by atoms with Crippen LogP contribution >= 0.6 is 0 Å². The topological polar surface area (TPSA) is 58.1 Å². The van der Waals surface area contributed by atoms with E-state index < -0.39 is 5.41 Å². The first-order valence-electron chi connectivity index (χ1n) is 9.17. The maximum atomic E-state index is 13.2. The first kappa shape index (κ1) is 16.9. The first-order chi connectivity index (χ1) is 12.6. The molecule has 5 nitrogen and oxygen atoms in total. The van der Waals surface area contributed by atoms with Crippen LogP contribution in [0.15, 0.2) is 36.7 Å². The number of aromatic nitrogens is 2. The maximum absolute atomic E-state index is 13.2. The van der Waals surface area contributed by atoms with Gasteiger partial charge < -0.3 is 10.2 Å². The van der Waals surface area contributed by atoms with Gasteiger partial charge in [0.25, 0.3) is 0 Å². The van der Waals surface area contributed by atoms with Crippen molar-refractivity contribution in [2.24, 2.45) is 0 Å². The molecule has 2 fully saturated rings. The van der Waals surface area contributed by atoms with Gasteiger partial charge in [0.1, 0.15) is 18.0 Å². The van der Waals surface area contributed by atoms with Gasteiger partial charge in [-0.25, -0.2) is 14.4 Å². The molecule has 0 atom stereocenters. The molecule has 1 saturated carbocycles. The molecule has 0 radical (unpaired) electrons. The van der Waals surface area contributed by atoms with Crippen molar-refractivity contribution in [2.45, 2.75) is 44.1 Å². The van der Waals surface area contributed by atoms with Crippen LogP contribution in [0.1, 0.15) is 36.9 Å². The molecular formula is C20H23FN4O. The fourth-order valence-corrected chi connectivity index (χ4v) is 3.79. The van der Waals surface area contributed by atoms with E-state index in [1.807, 2.05) is 17.9 Å². The van der Waals surface area contributed by atoms with Crippen molar-refractivity contribution < 1.29 is 9.18 Å². The highest BCUT2D eigenvalue weighted by Gasteiger charge is 2.53. The van der Waals surface area contributed by atoms with Crippen LogP contribution in [0.25, 0.3) is 0 Å². The number of nitrogens with one attached hydrogen (secondary N) is 1. The lowest BCUT2D eigenvalue weighted by Crippen LogP contribution is -2.46. The van der Waals surface area contributed by atoms with E-state index in [2.05, 4.69) is 15.3 Å². The number of aryl methyl sites for hydroxylation is 1. The smallest absolute Gasteiger partial charge is 0.233 e. The summed E-state index contributed by atoms with van der Waals surface area (Å²) in [5.74, 6) is 0.775. The highest BCUT2D eigenvalue weighted by molar-refractivity contribution is 5.91. The Morgan fingerprint density at radius 1 is 1.19 bits per heavy atom. The van der Waals surface area contributed by atoms with Gasteiger partial charge in [-0.15, -0.1) is 0 Å². The summed E-state index contributed by atoms with van der Waals surface area (Å²) in [5, 5.41) is 3.44. The summed E-state index contributed by atoms with van der Waals surface area (Å²) in [6, 6.07) is 8.66. The number of piperidine rings is 1. The van der Waals surface area contributed by atoms with Crippen molar-refractivity contribution in [3.05, 3.63) is 53.7 Å². The zero-order valence-corrected chi connectivity index (χ0v) is 14.9. The molecule has 1 saturated heterocycles. The predicted molar refractivity (Wildman–Crippen MR) is 97.3 cm³/mol. The molecule has 1 aliphatic heterocycles. The Bertz CT molecular complexity index is 796. The molecule has 6 heteroatoms. The van der Waals surface area contributed by atoms with Crippen LogP contribution in [0.3, 0.4) is 0 Å². The van der Waals surface area contributed by atoms with Crippen molar-refractivity contribution >= 4 is 11.7 Å². The Labute approximate surface area is 152 Å². The molecule has 0 unspecified atom stereocenters. The second-order valence-electron chi connectivity index (χ2n) is 7.34. The van der Waals surface area contributed by atoms with Gasteiger partial charge in [0.15, 0.2) is 0 Å². The fourth-order valence-electron chi connectivity index (χ4n) is 3.79. The lowest BCUT2D eigenvalue weighted by molar-refractivity contribution is -0.134. The second-order valence-corrected chi connectivity index (χ2v) is 7.34. The van der Waals surface area contributed by atoms with Crippen LogP contribution in [0.4, 0.5) is 10.2 Å². The number of halogens is 1. The normalized spacial score (nSPS) is 19.2. The third-order valence-electron chi connectivity index (χ3n) is 5.49. The van der Waals surface area contributed by atoms with Crippen LogP contribution in [0.2, 0.25) is 0 Å². The Morgan fingerprint density at radius 3 is 2.50 bits per heavy atom. The Hall–Kier alpha value is -2.50. The van der Waals surface area contributed by atoms with Gasteiger partial charge in [0.05, 0.1) is 5.41 Å². The minimum Gasteiger partial charge on any atom is -0.367 e. The summed E-state index contributed by atoms with van der Waals surface area (Å²) in [6.07, 6.45) is 5.07. The van der Waals surface area contributed by atoms with E-state index in [9.17, 15) is 9.18 Å². The summed E-state index contributed by atoms with van der Waals surface area (Å²) in [5.41, 5.74) is 1.46. The van der Waals surface area contributed by atoms with E-state index in [4.69, 9.17) is 0 Å². The minimum absolute atomic E-state index is 0.195. The zero-order valence-electron chi connectivity index (χ0n) is 14.9. The van der Waals surface area contributed by atoms with Crippen LogP contribution in [0.5, 0.6) is 0 Å². The summed E-state index contributed by atoms with van der Waals surface area (Å²) in [7, 11) is 0. The average molecular weight is 354 g/mol. The van der Waals surface area contributed by atoms with Crippen molar-refractivity contribution in [3.63, 3.8) is 0 Å². The van der Waals surface area contributed by atoms with E-state index in [1.54, 1.807) is 18.5 Å². The number of hydrogen-bond donors (Lipinski definition) is 1. The Morgan fingerprint density at radius 2 is 1.88 bits per heavy atom. The van der Waals surface area contributed by atoms with Crippen LogP contribution < -0.4 is 5.32 Å². The largest absolute Gasteiger partial charge is 0.367 e. The summed E-state index contributed by atoms with van der Waals surface area (Å²) in [6.45, 7) is 3.42. The molecule has 0 spiro atoms. The molecule has 1 amide bonds. The number of likely N-dealkylation sites (tertiary alicyclic amines) is 1. The number of nitrogens with zero attached hydrogens (tertiary/aromatic N) is 3. The molecule has 136 valence electrons. The zero-order chi connectivity index (χ0) is 18.1. The molecule has 1 aliphatic carbocycles. The molecule has 1 N–H and O–H groups in total. The summed E-state index contributed by atoms with van der Waals surface area (Å²) in [4.78, 5) is 23.4. The van der Waals surface area contributed by atoms with Gasteiger partial charge >= 0.3 is 0 Å². The third-order valence-corrected chi connectivity index (χ3v) is 5.49. The van der Waals surface area contributed by atoms with E-state index in [-0.39, 0.29) is 11.7 Å². The van der Waals surface area contributed by atoms with Gasteiger partial charge in [0, 0.05) is 30.9 Å². The molecule has 2 aliphatic rings. The maximum Gasteiger partial charge on any atom is 0.233 e. The van der Waals surface area contributed by atoms with E-state index in [0.29, 0.717) is 6.04 Å². The average Bonchev–Trinajstić information content (AvgIpc) is 3.44. The molecule has 2 aromatic rings. The number of amides is 1. The quantitative estimate of drug-likeness (QED) is 0.917. The molecule has 1 aromatic carbocycles. The van der Waals surface area contributed by atoms with Crippen LogP contribution in [0, 0.1) is 12.7 Å². The lowest BCUT2D eigenvalue weighted by Gasteiger charge is -2.35. The number of hydrogen-bond acceptors (Lipinski definition) is 4. The third kappa shape index (κ3) is 3.28. The van der Waals surface area contributed by atoms with Gasteiger partial charge in [-0.2, -0.15) is 0 Å². The summed E-state index contributed by atoms with van der Waals surface area (Å²) < 4.78 is 13.2. The van der Waals surface area contributed by atoms with E-state index in [0.717, 1.165) is 55.8 Å². The van der Waals surface area contributed by atoms with Crippen molar-refractivity contribution in [1.29, 1.82) is 0 Å². The van der Waals surface area contributed by atoms with Gasteiger partial charge in [-0.3, -0.25) is 4.79 Å². The predicted octanol–water partition coefficient (Wildman–Crippen LogP) is 3.06. The highest BCUT2D eigenvalue weighted by Crippen LogP contribution is 2.49. The minimum atomic E-state index is -0.419. The number of rotatable bonds is 4. The van der Waals surface area contributed by atoms with Crippen molar-refractivity contribution in [2.75, 3.05) is 18.4 Å². The SMILES string of the molecule is Cc1cc(NC2CCN(C(=O)C3(c4ccc(F)cc4)CC3)CC2)ncn1. The van der Waals surface area contributed by atoms with Crippen LogP contribution in [-0.2, 0) is 10.2 Å². The lowest BCUT2D eigenvalue weighted by atomic mass is 9.93. The van der Waals surface area contributed by atoms with Gasteiger partial charge in [-0.05, 0) is 50.3 Å². The standard InChI is InChI=1S/C20H23FN4O/c1-14-12-18(23-13-22-14)24-17-6-10-25(11-7-17)19(26)20(8-9-20)15-2-4-16(21)5-3-15/h2-5,12-13,17H,6-11H2,1H3,(H,22,23,24). The van der Waals surface area contributed by atoms with Crippen molar-refractivity contribution in [3.8, 4) is 0 Å². The molecule has 26 heavy (non-hydrogen) atoms. The van der Waals surface area contributed by atoms with Crippen LogP contribution in [-0.4, -0.2) is 39.9 Å². The van der Waals surface area contributed by atoms with Gasteiger partial charge in [0.2, 0.25) is 5.91 Å². The van der Waals surface area contributed by atoms with Crippen molar-refractivity contribution in [1.82, 2.24) is 14.9 Å². The number of carbonyl (C=O) groups is 1. The summed E-state index contributed by atoms with van der Waals surface area (Å²) >= 11 is 0. The number of anilines is 1. The first-order valence-corrected chi connectivity index (χ1v) is 9.17. The molecule has 2 heterocycles. The molecular weight excluding hydrogens is 331 g/mol. The molecule has 4 rings (SSSR count). The monoisotopic (exact) mass is 354 g/mol.